The largest absolute Gasteiger partial charge is 0.396 e. The Morgan fingerprint density at radius 1 is 1.00 bits per heavy atom. The predicted octanol–water partition coefficient (Wildman–Crippen LogP) is 1.87. The summed E-state index contributed by atoms with van der Waals surface area (Å²) in [7, 11) is 0. The zero-order valence-electron chi connectivity index (χ0n) is 13.2. The molecule has 1 atom stereocenters. The molecular formula is C17H30N2O2. The Kier molecular flexibility index (Phi) is 5.17. The average Bonchev–Trinajstić information content (AvgIpc) is 3.38. The number of piperidine rings is 2. The maximum atomic E-state index is 12.7. The van der Waals surface area contributed by atoms with Gasteiger partial charge in [0.2, 0.25) is 5.91 Å². The second-order valence-corrected chi connectivity index (χ2v) is 7.11. The number of carbonyl (C=O) groups excluding carboxylic acids is 1. The molecule has 0 aromatic carbocycles. The van der Waals surface area contributed by atoms with Crippen molar-refractivity contribution < 1.29 is 9.90 Å². The van der Waals surface area contributed by atoms with E-state index in [1.807, 2.05) is 0 Å². The first kappa shape index (κ1) is 15.3. The third-order valence-corrected chi connectivity index (χ3v) is 5.63. The van der Waals surface area contributed by atoms with Crippen molar-refractivity contribution in [2.45, 2.75) is 57.4 Å². The summed E-state index contributed by atoms with van der Waals surface area (Å²) in [4.78, 5) is 17.4. The highest BCUT2D eigenvalue weighted by Gasteiger charge is 2.38. The molecule has 3 fully saturated rings. The number of likely N-dealkylation sites (tertiary alicyclic amines) is 2. The number of aliphatic hydroxyl groups excluding tert-OH is 1. The molecule has 21 heavy (non-hydrogen) atoms. The first-order valence-corrected chi connectivity index (χ1v) is 8.93. The van der Waals surface area contributed by atoms with Gasteiger partial charge >= 0.3 is 0 Å². The van der Waals surface area contributed by atoms with Crippen LogP contribution in [0.4, 0.5) is 0 Å². The lowest BCUT2D eigenvalue weighted by Gasteiger charge is -2.41. The van der Waals surface area contributed by atoms with Gasteiger partial charge in [-0.1, -0.05) is 6.42 Å². The number of aliphatic hydroxyl groups is 1. The fourth-order valence-electron chi connectivity index (χ4n) is 4.17. The van der Waals surface area contributed by atoms with Gasteiger partial charge in [0.15, 0.2) is 0 Å². The van der Waals surface area contributed by atoms with Crippen LogP contribution in [0.25, 0.3) is 0 Å². The molecule has 1 saturated carbocycles. The Morgan fingerprint density at radius 2 is 1.67 bits per heavy atom. The second kappa shape index (κ2) is 7.10. The fraction of sp³-hybridized carbons (Fsp3) is 0.941. The van der Waals surface area contributed by atoms with Crippen LogP contribution >= 0.6 is 0 Å². The Labute approximate surface area is 128 Å². The Morgan fingerprint density at radius 3 is 2.24 bits per heavy atom. The van der Waals surface area contributed by atoms with Crippen molar-refractivity contribution in [2.75, 3.05) is 32.8 Å². The molecule has 4 heteroatoms. The number of hydrogen-bond donors (Lipinski definition) is 1. The van der Waals surface area contributed by atoms with Crippen LogP contribution < -0.4 is 0 Å². The van der Waals surface area contributed by atoms with Crippen LogP contribution in [0.15, 0.2) is 0 Å². The normalized spacial score (nSPS) is 26.8. The quantitative estimate of drug-likeness (QED) is 0.842. The molecule has 1 aliphatic carbocycles. The summed E-state index contributed by atoms with van der Waals surface area (Å²) in [6, 6.07) is 0.701. The van der Waals surface area contributed by atoms with Crippen molar-refractivity contribution in [3.05, 3.63) is 0 Å². The van der Waals surface area contributed by atoms with E-state index in [9.17, 15) is 9.90 Å². The molecule has 2 aliphatic heterocycles. The highest BCUT2D eigenvalue weighted by atomic mass is 16.3. The molecular weight excluding hydrogens is 264 g/mol. The van der Waals surface area contributed by atoms with Crippen molar-refractivity contribution in [1.29, 1.82) is 0 Å². The molecule has 2 heterocycles. The monoisotopic (exact) mass is 294 g/mol. The third kappa shape index (κ3) is 3.78. The Hall–Kier alpha value is -0.610. The van der Waals surface area contributed by atoms with Gasteiger partial charge in [-0.2, -0.15) is 0 Å². The van der Waals surface area contributed by atoms with Gasteiger partial charge in [0, 0.05) is 31.7 Å². The molecule has 1 amide bonds. The maximum Gasteiger partial charge on any atom is 0.226 e. The molecule has 0 bridgehead atoms. The van der Waals surface area contributed by atoms with E-state index >= 15 is 0 Å². The van der Waals surface area contributed by atoms with E-state index in [-0.39, 0.29) is 12.5 Å². The minimum absolute atomic E-state index is 0.0986. The van der Waals surface area contributed by atoms with Crippen molar-refractivity contribution >= 4 is 5.91 Å². The van der Waals surface area contributed by atoms with Crippen LogP contribution in [0.5, 0.6) is 0 Å². The van der Waals surface area contributed by atoms with E-state index in [2.05, 4.69) is 9.80 Å². The van der Waals surface area contributed by atoms with Crippen LogP contribution in [-0.4, -0.2) is 59.6 Å². The van der Waals surface area contributed by atoms with Crippen LogP contribution in [0.2, 0.25) is 0 Å². The molecule has 3 rings (SSSR count). The topological polar surface area (TPSA) is 43.8 Å². The highest BCUT2D eigenvalue weighted by Crippen LogP contribution is 2.39. The van der Waals surface area contributed by atoms with Gasteiger partial charge in [-0.05, 0) is 64.0 Å². The molecule has 0 aromatic rings. The standard InChI is InChI=1S/C17H30N2O2/c20-13-8-16(14-4-5-14)17(21)19-11-6-15(7-12-19)18-9-2-1-3-10-18/h14-16,20H,1-13H2. The van der Waals surface area contributed by atoms with Crippen LogP contribution in [-0.2, 0) is 4.79 Å². The fourth-order valence-corrected chi connectivity index (χ4v) is 4.17. The molecule has 0 spiro atoms. The van der Waals surface area contributed by atoms with Crippen molar-refractivity contribution in [3.63, 3.8) is 0 Å². The van der Waals surface area contributed by atoms with E-state index in [0.717, 1.165) is 25.9 Å². The number of carbonyl (C=O) groups is 1. The number of hydrogen-bond acceptors (Lipinski definition) is 3. The zero-order valence-corrected chi connectivity index (χ0v) is 13.2. The van der Waals surface area contributed by atoms with E-state index in [1.165, 1.54) is 45.2 Å². The van der Waals surface area contributed by atoms with Gasteiger partial charge in [-0.3, -0.25) is 4.79 Å². The summed E-state index contributed by atoms with van der Waals surface area (Å²) in [6.45, 7) is 4.52. The minimum Gasteiger partial charge on any atom is -0.396 e. The molecule has 0 radical (unpaired) electrons. The van der Waals surface area contributed by atoms with Gasteiger partial charge in [0.1, 0.15) is 0 Å². The van der Waals surface area contributed by atoms with Gasteiger partial charge in [-0.25, -0.2) is 0 Å². The van der Waals surface area contributed by atoms with Crippen LogP contribution in [0.1, 0.15) is 51.4 Å². The summed E-state index contributed by atoms with van der Waals surface area (Å²) in [6.07, 6.45) is 9.39. The van der Waals surface area contributed by atoms with Crippen molar-refractivity contribution in [1.82, 2.24) is 9.80 Å². The van der Waals surface area contributed by atoms with Gasteiger partial charge in [0.05, 0.1) is 0 Å². The van der Waals surface area contributed by atoms with E-state index in [1.54, 1.807) is 0 Å². The summed E-state index contributed by atoms with van der Waals surface area (Å²) in [5.74, 6) is 0.981. The Bertz CT molecular complexity index is 343. The molecule has 2 saturated heterocycles. The van der Waals surface area contributed by atoms with E-state index in [0.29, 0.717) is 24.3 Å². The third-order valence-electron chi connectivity index (χ3n) is 5.63. The average molecular weight is 294 g/mol. The number of amides is 1. The number of nitrogens with zero attached hydrogens (tertiary/aromatic N) is 2. The predicted molar refractivity (Wildman–Crippen MR) is 82.9 cm³/mol. The maximum absolute atomic E-state index is 12.7. The first-order chi connectivity index (χ1) is 10.3. The zero-order chi connectivity index (χ0) is 14.7. The van der Waals surface area contributed by atoms with Gasteiger partial charge in [0.25, 0.3) is 0 Å². The molecule has 1 unspecified atom stereocenters. The summed E-state index contributed by atoms with van der Waals surface area (Å²) >= 11 is 0. The van der Waals surface area contributed by atoms with Crippen LogP contribution in [0.3, 0.4) is 0 Å². The lowest BCUT2D eigenvalue weighted by molar-refractivity contribution is -0.138. The molecule has 3 aliphatic rings. The first-order valence-electron chi connectivity index (χ1n) is 8.93. The van der Waals surface area contributed by atoms with Crippen molar-refractivity contribution in [2.24, 2.45) is 11.8 Å². The lowest BCUT2D eigenvalue weighted by atomic mass is 9.95. The summed E-state index contributed by atoms with van der Waals surface area (Å²) < 4.78 is 0. The van der Waals surface area contributed by atoms with E-state index < -0.39 is 0 Å². The van der Waals surface area contributed by atoms with E-state index in [4.69, 9.17) is 0 Å². The molecule has 4 nitrogen and oxygen atoms in total. The SMILES string of the molecule is O=C(C(CCO)C1CC1)N1CCC(N2CCCCC2)CC1. The Balaban J connectivity index is 1.48. The summed E-state index contributed by atoms with van der Waals surface area (Å²) in [5, 5.41) is 9.20. The van der Waals surface area contributed by atoms with Gasteiger partial charge in [-0.15, -0.1) is 0 Å². The summed E-state index contributed by atoms with van der Waals surface area (Å²) in [5.41, 5.74) is 0. The smallest absolute Gasteiger partial charge is 0.226 e. The van der Waals surface area contributed by atoms with Gasteiger partial charge < -0.3 is 14.9 Å². The molecule has 120 valence electrons. The van der Waals surface area contributed by atoms with Crippen molar-refractivity contribution in [3.8, 4) is 0 Å². The highest BCUT2D eigenvalue weighted by molar-refractivity contribution is 5.79. The second-order valence-electron chi connectivity index (χ2n) is 7.11. The molecule has 1 N–H and O–H groups in total. The number of rotatable bonds is 5. The molecule has 0 aromatic heterocycles. The van der Waals surface area contributed by atoms with Crippen LogP contribution in [0, 0.1) is 11.8 Å². The lowest BCUT2D eigenvalue weighted by Crippen LogP contribution is -2.49. The minimum atomic E-state index is 0.0986.